The third-order valence-electron chi connectivity index (χ3n) is 4.89. The van der Waals surface area contributed by atoms with E-state index in [-0.39, 0.29) is 17.8 Å². The smallest absolute Gasteiger partial charge is 0.263 e. The number of nitrogens with zero attached hydrogens (tertiary/aromatic N) is 2. The van der Waals surface area contributed by atoms with Gasteiger partial charge in [0, 0.05) is 31.4 Å². The highest BCUT2D eigenvalue weighted by atomic mass is 32.1. The Morgan fingerprint density at radius 2 is 2.17 bits per heavy atom. The van der Waals surface area contributed by atoms with E-state index in [1.807, 2.05) is 0 Å². The molecule has 1 fully saturated rings. The maximum Gasteiger partial charge on any atom is 0.263 e. The monoisotopic (exact) mass is 428 g/mol. The number of aliphatic hydroxyl groups is 1. The number of carbonyl (C=O) groups excluding carboxylic acids is 1. The van der Waals surface area contributed by atoms with Crippen LogP contribution < -0.4 is 15.5 Å². The zero-order valence-corrected chi connectivity index (χ0v) is 16.6. The molecule has 1 aliphatic rings. The van der Waals surface area contributed by atoms with Crippen LogP contribution in [0.3, 0.4) is 0 Å². The van der Waals surface area contributed by atoms with Crippen molar-refractivity contribution in [1.82, 2.24) is 10.3 Å². The number of rotatable bonds is 4. The van der Waals surface area contributed by atoms with Gasteiger partial charge in [-0.1, -0.05) is 23.3 Å². The Morgan fingerprint density at radius 3 is 2.87 bits per heavy atom. The zero-order valence-electron chi connectivity index (χ0n) is 15.8. The van der Waals surface area contributed by atoms with Crippen molar-refractivity contribution < 1.29 is 18.7 Å². The van der Waals surface area contributed by atoms with Crippen LogP contribution in [0.1, 0.15) is 15.9 Å². The number of nitrogens with one attached hydrogen (secondary N) is 2. The van der Waals surface area contributed by atoms with Gasteiger partial charge in [-0.05, 0) is 24.3 Å². The Balaban J connectivity index is 1.58. The molecular weight excluding hydrogens is 410 g/mol. The van der Waals surface area contributed by atoms with Crippen molar-refractivity contribution in [1.29, 1.82) is 0 Å². The summed E-state index contributed by atoms with van der Waals surface area (Å²) in [6, 6.07) is 7.38. The van der Waals surface area contributed by atoms with Crippen molar-refractivity contribution >= 4 is 38.3 Å². The van der Waals surface area contributed by atoms with Gasteiger partial charge in [0.25, 0.3) is 5.91 Å². The summed E-state index contributed by atoms with van der Waals surface area (Å²) < 4.78 is 30.1. The molecule has 0 radical (unpaired) electrons. The largest absolute Gasteiger partial charge is 0.395 e. The number of hydrogen-bond acceptors (Lipinski definition) is 6. The van der Waals surface area contributed by atoms with Crippen molar-refractivity contribution in [3.05, 3.63) is 53.1 Å². The lowest BCUT2D eigenvalue weighted by Crippen LogP contribution is -2.52. The summed E-state index contributed by atoms with van der Waals surface area (Å²) in [5.41, 5.74) is 0.765. The third kappa shape index (κ3) is 3.85. The lowest BCUT2D eigenvalue weighted by molar-refractivity contribution is 0.101. The Bertz CT molecular complexity index is 1130. The second kappa shape index (κ2) is 8.36. The number of thiazole rings is 1. The molecule has 0 spiro atoms. The maximum atomic E-state index is 14.7. The molecule has 9 heteroatoms. The molecule has 1 atom stereocenters. The highest BCUT2D eigenvalue weighted by Crippen LogP contribution is 2.29. The normalized spacial score (nSPS) is 16.5. The van der Waals surface area contributed by atoms with Crippen LogP contribution in [0.25, 0.3) is 10.2 Å². The molecule has 2 aromatic carbocycles. The zero-order chi connectivity index (χ0) is 21.3. The number of benzene rings is 2. The molecule has 1 unspecified atom stereocenters. The van der Waals surface area contributed by atoms with Crippen molar-refractivity contribution in [2.24, 2.45) is 0 Å². The van der Waals surface area contributed by atoms with E-state index in [1.54, 1.807) is 23.1 Å². The van der Waals surface area contributed by atoms with E-state index in [0.29, 0.717) is 36.4 Å². The van der Waals surface area contributed by atoms with Gasteiger partial charge in [-0.3, -0.25) is 10.1 Å². The van der Waals surface area contributed by atoms with E-state index >= 15 is 0 Å². The van der Waals surface area contributed by atoms with Gasteiger partial charge in [0.2, 0.25) is 0 Å². The number of anilines is 2. The van der Waals surface area contributed by atoms with Gasteiger partial charge in [-0.15, -0.1) is 6.42 Å². The number of piperazine rings is 1. The Labute approximate surface area is 175 Å². The van der Waals surface area contributed by atoms with Crippen LogP contribution in [0.4, 0.5) is 19.6 Å². The second-order valence-corrected chi connectivity index (χ2v) is 7.86. The van der Waals surface area contributed by atoms with Gasteiger partial charge in [-0.2, -0.15) is 0 Å². The standard InChI is InChI=1S/C21H18F2N4O2S/c1-2-12-4-3-5-17-19(12)25-21(30-17)26-20(29)18-15(22)8-14(9-16(18)23)27-7-6-24-13(10-27)11-28/h1,3-5,8-9,13,24,28H,6-7,10-11H2,(H,25,26,29). The fourth-order valence-corrected chi connectivity index (χ4v) is 4.31. The summed E-state index contributed by atoms with van der Waals surface area (Å²) in [5, 5.41) is 15.1. The van der Waals surface area contributed by atoms with Crippen LogP contribution in [0.2, 0.25) is 0 Å². The van der Waals surface area contributed by atoms with Crippen LogP contribution in [-0.2, 0) is 0 Å². The number of para-hydroxylation sites is 1. The van der Waals surface area contributed by atoms with Gasteiger partial charge < -0.3 is 15.3 Å². The first-order chi connectivity index (χ1) is 14.5. The topological polar surface area (TPSA) is 77.5 Å². The molecule has 2 heterocycles. The predicted octanol–water partition coefficient (Wildman–Crippen LogP) is 2.58. The summed E-state index contributed by atoms with van der Waals surface area (Å²) in [4.78, 5) is 18.6. The third-order valence-corrected chi connectivity index (χ3v) is 5.83. The molecule has 3 aromatic rings. The summed E-state index contributed by atoms with van der Waals surface area (Å²) in [6.45, 7) is 1.44. The highest BCUT2D eigenvalue weighted by Gasteiger charge is 2.24. The Kier molecular flexibility index (Phi) is 5.63. The fraction of sp³-hybridized carbons (Fsp3) is 0.238. The van der Waals surface area contributed by atoms with Gasteiger partial charge in [0.15, 0.2) is 5.13 Å². The van der Waals surface area contributed by atoms with Crippen molar-refractivity contribution in [3.63, 3.8) is 0 Å². The number of halogens is 2. The van der Waals surface area contributed by atoms with E-state index in [0.717, 1.165) is 16.8 Å². The molecule has 0 bridgehead atoms. The minimum Gasteiger partial charge on any atom is -0.395 e. The average molecular weight is 428 g/mol. The minimum absolute atomic E-state index is 0.0779. The number of aliphatic hydroxyl groups excluding tert-OH is 1. The van der Waals surface area contributed by atoms with E-state index in [4.69, 9.17) is 6.42 Å². The number of aromatic nitrogens is 1. The predicted molar refractivity (Wildman–Crippen MR) is 113 cm³/mol. The molecule has 1 aliphatic heterocycles. The van der Waals surface area contributed by atoms with Gasteiger partial charge in [0.05, 0.1) is 22.4 Å². The number of carbonyl (C=O) groups is 1. The second-order valence-electron chi connectivity index (χ2n) is 6.83. The number of amides is 1. The Morgan fingerprint density at radius 1 is 1.40 bits per heavy atom. The van der Waals surface area contributed by atoms with Crippen LogP contribution in [0.15, 0.2) is 30.3 Å². The summed E-state index contributed by atoms with van der Waals surface area (Å²) in [6.07, 6.45) is 5.46. The first-order valence-electron chi connectivity index (χ1n) is 9.26. The van der Waals surface area contributed by atoms with Gasteiger partial charge >= 0.3 is 0 Å². The van der Waals surface area contributed by atoms with Crippen LogP contribution in [0.5, 0.6) is 0 Å². The first kappa shape index (κ1) is 20.2. The fourth-order valence-electron chi connectivity index (χ4n) is 3.42. The molecule has 1 amide bonds. The maximum absolute atomic E-state index is 14.7. The van der Waals surface area contributed by atoms with E-state index in [9.17, 15) is 18.7 Å². The lowest BCUT2D eigenvalue weighted by Gasteiger charge is -2.34. The summed E-state index contributed by atoms with van der Waals surface area (Å²) in [7, 11) is 0. The SMILES string of the molecule is C#Cc1cccc2sc(NC(=O)c3c(F)cc(N4CCNC(CO)C4)cc3F)nc12. The van der Waals surface area contributed by atoms with E-state index in [1.165, 1.54) is 11.3 Å². The molecule has 4 rings (SSSR count). The molecule has 3 N–H and O–H groups in total. The van der Waals surface area contributed by atoms with Crippen molar-refractivity contribution in [2.45, 2.75) is 6.04 Å². The molecule has 154 valence electrons. The average Bonchev–Trinajstić information content (AvgIpc) is 3.15. The van der Waals surface area contributed by atoms with Crippen molar-refractivity contribution in [2.75, 3.05) is 36.5 Å². The van der Waals surface area contributed by atoms with Crippen molar-refractivity contribution in [3.8, 4) is 12.3 Å². The van der Waals surface area contributed by atoms with E-state index < -0.39 is 23.1 Å². The molecule has 30 heavy (non-hydrogen) atoms. The molecule has 6 nitrogen and oxygen atoms in total. The van der Waals surface area contributed by atoms with Gasteiger partial charge in [0.1, 0.15) is 17.2 Å². The molecule has 0 aliphatic carbocycles. The highest BCUT2D eigenvalue weighted by molar-refractivity contribution is 7.22. The number of terminal acetylenes is 1. The molecule has 1 saturated heterocycles. The van der Waals surface area contributed by atoms with Gasteiger partial charge in [-0.25, -0.2) is 13.8 Å². The number of hydrogen-bond donors (Lipinski definition) is 3. The van der Waals surface area contributed by atoms with Crippen LogP contribution >= 0.6 is 11.3 Å². The summed E-state index contributed by atoms with van der Waals surface area (Å²) in [5.74, 6) is -0.338. The van der Waals surface area contributed by atoms with Crippen LogP contribution in [-0.4, -0.2) is 48.3 Å². The molecule has 1 aromatic heterocycles. The van der Waals surface area contributed by atoms with Crippen LogP contribution in [0, 0.1) is 24.0 Å². The lowest BCUT2D eigenvalue weighted by atomic mass is 10.1. The van der Waals surface area contributed by atoms with E-state index in [2.05, 4.69) is 21.5 Å². The minimum atomic E-state index is -0.966. The number of fused-ring (bicyclic) bond motifs is 1. The molecule has 0 saturated carbocycles. The quantitative estimate of drug-likeness (QED) is 0.557. The Hall–Kier alpha value is -3.06. The summed E-state index contributed by atoms with van der Waals surface area (Å²) >= 11 is 1.17. The molecular formula is C21H18F2N4O2S. The first-order valence-corrected chi connectivity index (χ1v) is 10.1.